The number of carbonyl (C=O) groups excluding carboxylic acids is 1. The molecule has 0 fully saturated rings. The van der Waals surface area contributed by atoms with Crippen LogP contribution in [-0.4, -0.2) is 11.0 Å². The average molecular weight is 510 g/mol. The van der Waals surface area contributed by atoms with Crippen LogP contribution in [0.15, 0.2) is 40.9 Å². The van der Waals surface area contributed by atoms with Crippen molar-refractivity contribution in [2.24, 2.45) is 0 Å². The number of halogens is 3. The molecule has 2 N–H and O–H groups in total. The summed E-state index contributed by atoms with van der Waals surface area (Å²) in [6.07, 6.45) is 0. The standard InChI is InChI=1S/C15H11BrClIN2OS/c1-8-6-10(3-4-12(8)16)19-15(22)20-14(21)11-7-9(18)2-5-13(11)17/h2-7H,1H3,(H2,19,20,21,22). The lowest BCUT2D eigenvalue weighted by atomic mass is 10.2. The molecule has 1 amide bonds. The Morgan fingerprint density at radius 1 is 1.27 bits per heavy atom. The zero-order valence-electron chi connectivity index (χ0n) is 11.4. The summed E-state index contributed by atoms with van der Waals surface area (Å²) in [5, 5.41) is 6.22. The SMILES string of the molecule is Cc1cc(NC(=S)NC(=O)c2cc(I)ccc2Cl)ccc1Br. The van der Waals surface area contributed by atoms with Gasteiger partial charge < -0.3 is 5.32 Å². The molecule has 0 saturated carbocycles. The molecule has 0 aliphatic rings. The topological polar surface area (TPSA) is 41.1 Å². The summed E-state index contributed by atoms with van der Waals surface area (Å²) in [4.78, 5) is 12.2. The van der Waals surface area contributed by atoms with Gasteiger partial charge >= 0.3 is 0 Å². The molecule has 7 heteroatoms. The van der Waals surface area contributed by atoms with Crippen LogP contribution < -0.4 is 10.6 Å². The molecule has 0 spiro atoms. The lowest BCUT2D eigenvalue weighted by Gasteiger charge is -2.11. The number of carbonyl (C=O) groups is 1. The van der Waals surface area contributed by atoms with E-state index in [0.29, 0.717) is 10.6 Å². The van der Waals surface area contributed by atoms with Crippen molar-refractivity contribution in [1.82, 2.24) is 5.32 Å². The molecular weight excluding hydrogens is 499 g/mol. The maximum atomic E-state index is 12.2. The monoisotopic (exact) mass is 508 g/mol. The summed E-state index contributed by atoms with van der Waals surface area (Å²) in [7, 11) is 0. The molecule has 22 heavy (non-hydrogen) atoms. The summed E-state index contributed by atoms with van der Waals surface area (Å²) in [6.45, 7) is 1.97. The Morgan fingerprint density at radius 2 is 2.00 bits per heavy atom. The third-order valence-electron chi connectivity index (χ3n) is 2.82. The zero-order chi connectivity index (χ0) is 16.3. The largest absolute Gasteiger partial charge is 0.332 e. The zero-order valence-corrected chi connectivity index (χ0v) is 16.7. The van der Waals surface area contributed by atoms with Gasteiger partial charge in [-0.25, -0.2) is 0 Å². The maximum Gasteiger partial charge on any atom is 0.258 e. The highest BCUT2D eigenvalue weighted by Crippen LogP contribution is 2.20. The highest BCUT2D eigenvalue weighted by Gasteiger charge is 2.12. The fraction of sp³-hybridized carbons (Fsp3) is 0.0667. The van der Waals surface area contributed by atoms with E-state index < -0.39 is 0 Å². The van der Waals surface area contributed by atoms with Crippen molar-refractivity contribution < 1.29 is 4.79 Å². The van der Waals surface area contributed by atoms with Gasteiger partial charge in [0.2, 0.25) is 0 Å². The van der Waals surface area contributed by atoms with Crippen LogP contribution in [0.4, 0.5) is 5.69 Å². The number of thiocarbonyl (C=S) groups is 1. The Kier molecular flexibility index (Phi) is 6.19. The van der Waals surface area contributed by atoms with Crippen LogP contribution in [-0.2, 0) is 0 Å². The minimum atomic E-state index is -0.338. The number of benzene rings is 2. The Balaban J connectivity index is 2.06. The fourth-order valence-electron chi connectivity index (χ4n) is 1.73. The van der Waals surface area contributed by atoms with Gasteiger partial charge in [-0.3, -0.25) is 10.1 Å². The Labute approximate surface area is 161 Å². The van der Waals surface area contributed by atoms with Crippen molar-refractivity contribution in [2.45, 2.75) is 6.92 Å². The van der Waals surface area contributed by atoms with Crippen LogP contribution in [0, 0.1) is 10.5 Å². The predicted octanol–water partition coefficient (Wildman–Crippen LogP) is 5.14. The first-order valence-corrected chi connectivity index (χ1v) is 8.86. The normalized spacial score (nSPS) is 10.2. The van der Waals surface area contributed by atoms with E-state index in [1.165, 1.54) is 0 Å². The van der Waals surface area contributed by atoms with E-state index in [1.807, 2.05) is 31.2 Å². The smallest absolute Gasteiger partial charge is 0.258 e. The molecule has 2 aromatic rings. The van der Waals surface area contributed by atoms with Crippen LogP contribution in [0.3, 0.4) is 0 Å². The van der Waals surface area contributed by atoms with E-state index in [4.69, 9.17) is 23.8 Å². The molecule has 0 radical (unpaired) electrons. The Bertz CT molecular complexity index is 754. The van der Waals surface area contributed by atoms with Crippen LogP contribution >= 0.6 is 62.3 Å². The van der Waals surface area contributed by atoms with E-state index in [9.17, 15) is 4.79 Å². The third kappa shape index (κ3) is 4.65. The van der Waals surface area contributed by atoms with Crippen molar-refractivity contribution >= 4 is 79.0 Å². The molecule has 0 heterocycles. The second kappa shape index (κ2) is 7.72. The summed E-state index contributed by atoms with van der Waals surface area (Å²) < 4.78 is 1.94. The van der Waals surface area contributed by atoms with E-state index in [0.717, 1.165) is 19.3 Å². The molecule has 0 saturated heterocycles. The highest BCUT2D eigenvalue weighted by molar-refractivity contribution is 14.1. The number of anilines is 1. The fourth-order valence-corrected chi connectivity index (χ4v) is 2.88. The minimum Gasteiger partial charge on any atom is -0.332 e. The number of hydrogen-bond acceptors (Lipinski definition) is 2. The van der Waals surface area contributed by atoms with E-state index in [-0.39, 0.29) is 11.0 Å². The van der Waals surface area contributed by atoms with Gasteiger partial charge in [-0.05, 0) is 83.7 Å². The highest BCUT2D eigenvalue weighted by atomic mass is 127. The molecule has 2 aromatic carbocycles. The second-order valence-electron chi connectivity index (χ2n) is 4.50. The third-order valence-corrected chi connectivity index (χ3v) is 4.91. The Hall–Kier alpha value is -0.700. The molecule has 0 aliphatic carbocycles. The van der Waals surface area contributed by atoms with Gasteiger partial charge in [0.05, 0.1) is 10.6 Å². The first-order chi connectivity index (χ1) is 10.4. The van der Waals surface area contributed by atoms with Gasteiger partial charge in [-0.2, -0.15) is 0 Å². The molecule has 0 aliphatic heterocycles. The molecular formula is C15H11BrClIN2OS. The van der Waals surface area contributed by atoms with Gasteiger partial charge in [0.1, 0.15) is 0 Å². The van der Waals surface area contributed by atoms with Crippen LogP contribution in [0.2, 0.25) is 5.02 Å². The predicted molar refractivity (Wildman–Crippen MR) is 107 cm³/mol. The Morgan fingerprint density at radius 3 is 2.68 bits per heavy atom. The summed E-state index contributed by atoms with van der Waals surface area (Å²) in [5.41, 5.74) is 2.27. The van der Waals surface area contributed by atoms with Crippen molar-refractivity contribution in [3.63, 3.8) is 0 Å². The molecule has 0 atom stereocenters. The summed E-state index contributed by atoms with van der Waals surface area (Å²) in [5.74, 6) is -0.338. The van der Waals surface area contributed by atoms with Gasteiger partial charge in [0, 0.05) is 13.7 Å². The summed E-state index contributed by atoms with van der Waals surface area (Å²) in [6, 6.07) is 11.0. The first kappa shape index (κ1) is 17.7. The van der Waals surface area contributed by atoms with E-state index in [1.54, 1.807) is 12.1 Å². The number of hydrogen-bond donors (Lipinski definition) is 2. The van der Waals surface area contributed by atoms with Crippen molar-refractivity contribution in [1.29, 1.82) is 0 Å². The van der Waals surface area contributed by atoms with Gasteiger partial charge in [0.15, 0.2) is 5.11 Å². The molecule has 3 nitrogen and oxygen atoms in total. The van der Waals surface area contributed by atoms with Gasteiger partial charge in [-0.15, -0.1) is 0 Å². The van der Waals surface area contributed by atoms with Crippen LogP contribution in [0.1, 0.15) is 15.9 Å². The molecule has 0 aromatic heterocycles. The van der Waals surface area contributed by atoms with Crippen molar-refractivity contribution in [2.75, 3.05) is 5.32 Å². The van der Waals surface area contributed by atoms with Gasteiger partial charge in [0.25, 0.3) is 5.91 Å². The lowest BCUT2D eigenvalue weighted by Crippen LogP contribution is -2.34. The van der Waals surface area contributed by atoms with Crippen molar-refractivity contribution in [3.8, 4) is 0 Å². The quantitative estimate of drug-likeness (QED) is 0.435. The summed E-state index contributed by atoms with van der Waals surface area (Å²) >= 11 is 16.8. The molecule has 2 rings (SSSR count). The lowest BCUT2D eigenvalue weighted by molar-refractivity contribution is 0.0978. The number of aryl methyl sites for hydroxylation is 1. The molecule has 0 unspecified atom stereocenters. The van der Waals surface area contributed by atoms with Crippen molar-refractivity contribution in [3.05, 3.63) is 60.6 Å². The van der Waals surface area contributed by atoms with Gasteiger partial charge in [-0.1, -0.05) is 27.5 Å². The minimum absolute atomic E-state index is 0.224. The van der Waals surface area contributed by atoms with E-state index in [2.05, 4.69) is 49.2 Å². The van der Waals surface area contributed by atoms with Crippen LogP contribution in [0.25, 0.3) is 0 Å². The number of nitrogens with one attached hydrogen (secondary N) is 2. The second-order valence-corrected chi connectivity index (χ2v) is 7.41. The van der Waals surface area contributed by atoms with E-state index >= 15 is 0 Å². The average Bonchev–Trinajstić information content (AvgIpc) is 2.45. The first-order valence-electron chi connectivity index (χ1n) is 6.20. The molecule has 114 valence electrons. The number of rotatable bonds is 2. The number of amides is 1. The van der Waals surface area contributed by atoms with Crippen LogP contribution in [0.5, 0.6) is 0 Å². The maximum absolute atomic E-state index is 12.2. The molecule has 0 bridgehead atoms.